The van der Waals surface area contributed by atoms with Crippen LogP contribution < -0.4 is 5.56 Å². The van der Waals surface area contributed by atoms with Crippen LogP contribution in [0.2, 0.25) is 0 Å². The average Bonchev–Trinajstić information content (AvgIpc) is 3.44. The number of carbonyl (C=O) groups is 1. The van der Waals surface area contributed by atoms with Gasteiger partial charge in [0, 0.05) is 16.2 Å². The first-order chi connectivity index (χ1) is 12.1. The third-order valence-electron chi connectivity index (χ3n) is 4.85. The SMILES string of the molecule is O=C(Cn1cnc2ccc(Br)cc2c1=O)N(C1=CCCCC1)C1CC1. The number of hydrogen-bond acceptors (Lipinski definition) is 3. The van der Waals surface area contributed by atoms with E-state index in [4.69, 9.17) is 0 Å². The lowest BCUT2D eigenvalue weighted by atomic mass is 10.0. The Morgan fingerprint density at radius 2 is 2.16 bits per heavy atom. The van der Waals surface area contributed by atoms with Crippen LogP contribution in [0, 0.1) is 0 Å². The molecule has 1 heterocycles. The zero-order valence-corrected chi connectivity index (χ0v) is 15.5. The molecule has 1 amide bonds. The van der Waals surface area contributed by atoms with Crippen LogP contribution in [0.1, 0.15) is 38.5 Å². The molecule has 1 saturated carbocycles. The summed E-state index contributed by atoms with van der Waals surface area (Å²) >= 11 is 3.39. The molecule has 0 atom stereocenters. The third kappa shape index (κ3) is 3.40. The minimum absolute atomic E-state index is 0.00565. The molecule has 5 nitrogen and oxygen atoms in total. The Balaban J connectivity index is 1.63. The molecular formula is C19H20BrN3O2. The van der Waals surface area contributed by atoms with Crippen LogP contribution in [0.5, 0.6) is 0 Å². The second-order valence-electron chi connectivity index (χ2n) is 6.78. The van der Waals surface area contributed by atoms with E-state index in [1.165, 1.54) is 17.3 Å². The minimum atomic E-state index is -0.173. The number of fused-ring (bicyclic) bond motifs is 1. The molecule has 1 aromatic carbocycles. The van der Waals surface area contributed by atoms with E-state index in [1.54, 1.807) is 12.1 Å². The Hall–Kier alpha value is -1.95. The van der Waals surface area contributed by atoms with Gasteiger partial charge in [0.2, 0.25) is 5.91 Å². The zero-order chi connectivity index (χ0) is 17.4. The fourth-order valence-corrected chi connectivity index (χ4v) is 3.80. The molecular weight excluding hydrogens is 382 g/mol. The lowest BCUT2D eigenvalue weighted by Gasteiger charge is -2.28. The van der Waals surface area contributed by atoms with Crippen LogP contribution in [0.25, 0.3) is 10.9 Å². The molecule has 0 spiro atoms. The van der Waals surface area contributed by atoms with Crippen LogP contribution in [-0.4, -0.2) is 26.4 Å². The molecule has 1 aromatic heterocycles. The van der Waals surface area contributed by atoms with Crippen molar-refractivity contribution in [2.24, 2.45) is 0 Å². The molecule has 4 rings (SSSR count). The van der Waals surface area contributed by atoms with E-state index in [0.717, 1.165) is 42.3 Å². The number of nitrogens with zero attached hydrogens (tertiary/aromatic N) is 3. The number of aromatic nitrogens is 2. The predicted molar refractivity (Wildman–Crippen MR) is 100 cm³/mol. The highest BCUT2D eigenvalue weighted by Gasteiger charge is 2.35. The summed E-state index contributed by atoms with van der Waals surface area (Å²) in [5.41, 5.74) is 1.61. The second kappa shape index (κ2) is 6.75. The van der Waals surface area contributed by atoms with Crippen molar-refractivity contribution in [2.45, 2.75) is 51.1 Å². The highest BCUT2D eigenvalue weighted by molar-refractivity contribution is 9.10. The van der Waals surface area contributed by atoms with Crippen molar-refractivity contribution in [1.82, 2.24) is 14.5 Å². The normalized spacial score (nSPS) is 17.4. The Morgan fingerprint density at radius 3 is 2.88 bits per heavy atom. The van der Waals surface area contributed by atoms with Crippen molar-refractivity contribution < 1.29 is 4.79 Å². The van der Waals surface area contributed by atoms with Crippen molar-refractivity contribution in [2.75, 3.05) is 0 Å². The number of carbonyl (C=O) groups excluding carboxylic acids is 1. The van der Waals surface area contributed by atoms with E-state index in [9.17, 15) is 9.59 Å². The predicted octanol–water partition coefficient (Wildman–Crippen LogP) is 3.61. The van der Waals surface area contributed by atoms with Gasteiger partial charge in [-0.05, 0) is 56.7 Å². The minimum Gasteiger partial charge on any atom is -0.312 e. The van der Waals surface area contributed by atoms with Gasteiger partial charge in [0.1, 0.15) is 6.54 Å². The standard InChI is InChI=1S/C19H20BrN3O2/c20-13-6-9-17-16(10-13)19(25)22(12-21-17)11-18(24)23(15-7-8-15)14-4-2-1-3-5-14/h4,6,9-10,12,15H,1-3,5,7-8,11H2. The Kier molecular flexibility index (Phi) is 4.46. The number of hydrogen-bond donors (Lipinski definition) is 0. The van der Waals surface area contributed by atoms with E-state index in [1.807, 2.05) is 11.0 Å². The molecule has 25 heavy (non-hydrogen) atoms. The lowest BCUT2D eigenvalue weighted by Crippen LogP contribution is -2.38. The van der Waals surface area contributed by atoms with Gasteiger partial charge >= 0.3 is 0 Å². The summed E-state index contributed by atoms with van der Waals surface area (Å²) in [6.07, 6.45) is 10.1. The summed E-state index contributed by atoms with van der Waals surface area (Å²) < 4.78 is 2.26. The zero-order valence-electron chi connectivity index (χ0n) is 13.9. The highest BCUT2D eigenvalue weighted by atomic mass is 79.9. The van der Waals surface area contributed by atoms with Crippen molar-refractivity contribution in [3.05, 3.63) is 51.1 Å². The smallest absolute Gasteiger partial charge is 0.261 e. The second-order valence-corrected chi connectivity index (χ2v) is 7.69. The maximum absolute atomic E-state index is 12.9. The summed E-state index contributed by atoms with van der Waals surface area (Å²) in [4.78, 5) is 31.9. The molecule has 0 N–H and O–H groups in total. The van der Waals surface area contributed by atoms with Gasteiger partial charge in [-0.3, -0.25) is 14.2 Å². The topological polar surface area (TPSA) is 55.2 Å². The van der Waals surface area contributed by atoms with Gasteiger partial charge in [-0.15, -0.1) is 0 Å². The molecule has 0 saturated heterocycles. The van der Waals surface area contributed by atoms with Crippen LogP contribution in [0.4, 0.5) is 0 Å². The highest BCUT2D eigenvalue weighted by Crippen LogP contribution is 2.33. The lowest BCUT2D eigenvalue weighted by molar-refractivity contribution is -0.130. The molecule has 0 unspecified atom stereocenters. The summed E-state index contributed by atoms with van der Waals surface area (Å²) in [6.45, 7) is 0.0438. The molecule has 0 radical (unpaired) electrons. The fraction of sp³-hybridized carbons (Fsp3) is 0.421. The van der Waals surface area contributed by atoms with Crippen LogP contribution in [-0.2, 0) is 11.3 Å². The van der Waals surface area contributed by atoms with Crippen LogP contribution >= 0.6 is 15.9 Å². The molecule has 6 heteroatoms. The van der Waals surface area contributed by atoms with E-state index < -0.39 is 0 Å². The summed E-state index contributed by atoms with van der Waals surface area (Å²) in [7, 11) is 0. The number of rotatable bonds is 4. The van der Waals surface area contributed by atoms with E-state index in [2.05, 4.69) is 27.0 Å². The van der Waals surface area contributed by atoms with Crippen molar-refractivity contribution in [1.29, 1.82) is 0 Å². The van der Waals surface area contributed by atoms with Gasteiger partial charge in [0.25, 0.3) is 5.56 Å². The van der Waals surface area contributed by atoms with Gasteiger partial charge in [-0.25, -0.2) is 4.98 Å². The quantitative estimate of drug-likeness (QED) is 0.785. The molecule has 2 aromatic rings. The average molecular weight is 402 g/mol. The first kappa shape index (κ1) is 16.5. The summed E-state index contributed by atoms with van der Waals surface area (Å²) in [5, 5.41) is 0.527. The Labute approximate surface area is 154 Å². The molecule has 0 bridgehead atoms. The van der Waals surface area contributed by atoms with E-state index in [0.29, 0.717) is 16.9 Å². The molecule has 130 valence electrons. The van der Waals surface area contributed by atoms with Gasteiger partial charge < -0.3 is 4.90 Å². The monoisotopic (exact) mass is 401 g/mol. The van der Waals surface area contributed by atoms with Gasteiger partial charge in [0.15, 0.2) is 0 Å². The first-order valence-corrected chi connectivity index (χ1v) is 9.58. The van der Waals surface area contributed by atoms with Crippen molar-refractivity contribution >= 4 is 32.7 Å². The number of allylic oxidation sites excluding steroid dienone is 2. The summed E-state index contributed by atoms with van der Waals surface area (Å²) in [5.74, 6) is -0.00565. The molecule has 0 aliphatic heterocycles. The largest absolute Gasteiger partial charge is 0.312 e. The van der Waals surface area contributed by atoms with Gasteiger partial charge in [0.05, 0.1) is 17.2 Å². The molecule has 2 aliphatic rings. The number of amides is 1. The number of halogens is 1. The summed E-state index contributed by atoms with van der Waals surface area (Å²) in [6, 6.07) is 5.73. The fourth-order valence-electron chi connectivity index (χ4n) is 3.44. The molecule has 1 fully saturated rings. The van der Waals surface area contributed by atoms with E-state index >= 15 is 0 Å². The number of benzene rings is 1. The first-order valence-electron chi connectivity index (χ1n) is 8.79. The Morgan fingerprint density at radius 1 is 1.32 bits per heavy atom. The van der Waals surface area contributed by atoms with E-state index in [-0.39, 0.29) is 18.0 Å². The Bertz CT molecular complexity index is 915. The third-order valence-corrected chi connectivity index (χ3v) is 5.34. The maximum atomic E-state index is 12.9. The van der Waals surface area contributed by atoms with Crippen LogP contribution in [0.15, 0.2) is 45.6 Å². The maximum Gasteiger partial charge on any atom is 0.261 e. The molecule has 2 aliphatic carbocycles. The van der Waals surface area contributed by atoms with Crippen molar-refractivity contribution in [3.63, 3.8) is 0 Å². The van der Waals surface area contributed by atoms with Gasteiger partial charge in [-0.2, -0.15) is 0 Å². The van der Waals surface area contributed by atoms with Gasteiger partial charge in [-0.1, -0.05) is 22.0 Å². The van der Waals surface area contributed by atoms with Crippen molar-refractivity contribution in [3.8, 4) is 0 Å². The van der Waals surface area contributed by atoms with Crippen LogP contribution in [0.3, 0.4) is 0 Å².